The SMILES string of the molecule is CC(NC(=O)N1CCN(Cc2cn3ccccc3n2)CC1)c1nncn1C. The highest BCUT2D eigenvalue weighted by molar-refractivity contribution is 5.74. The van der Waals surface area contributed by atoms with Crippen LogP contribution in [0.3, 0.4) is 0 Å². The summed E-state index contributed by atoms with van der Waals surface area (Å²) in [5.41, 5.74) is 2.01. The van der Waals surface area contributed by atoms with Gasteiger partial charge in [0.05, 0.1) is 11.7 Å². The molecule has 1 unspecified atom stereocenters. The van der Waals surface area contributed by atoms with Gasteiger partial charge in [0, 0.05) is 52.2 Å². The van der Waals surface area contributed by atoms with E-state index < -0.39 is 0 Å². The number of carbonyl (C=O) groups excluding carboxylic acids is 1. The normalized spacial score (nSPS) is 16.6. The molecule has 3 aromatic heterocycles. The average Bonchev–Trinajstić information content (AvgIpc) is 3.27. The Labute approximate surface area is 157 Å². The number of rotatable bonds is 4. The summed E-state index contributed by atoms with van der Waals surface area (Å²) in [4.78, 5) is 21.4. The van der Waals surface area contributed by atoms with Gasteiger partial charge in [-0.2, -0.15) is 0 Å². The monoisotopic (exact) mass is 368 g/mol. The Morgan fingerprint density at radius 3 is 2.78 bits per heavy atom. The van der Waals surface area contributed by atoms with Crippen LogP contribution in [0.25, 0.3) is 5.65 Å². The maximum absolute atomic E-state index is 12.5. The summed E-state index contributed by atoms with van der Waals surface area (Å²) in [5, 5.41) is 10.9. The van der Waals surface area contributed by atoms with Crippen molar-refractivity contribution in [3.05, 3.63) is 48.4 Å². The van der Waals surface area contributed by atoms with E-state index in [-0.39, 0.29) is 12.1 Å². The summed E-state index contributed by atoms with van der Waals surface area (Å²) in [6, 6.07) is 5.76. The van der Waals surface area contributed by atoms with Crippen LogP contribution in [0.15, 0.2) is 36.9 Å². The van der Waals surface area contributed by atoms with Crippen LogP contribution in [0.2, 0.25) is 0 Å². The molecule has 0 saturated carbocycles. The molecule has 1 aliphatic rings. The first-order chi connectivity index (χ1) is 13.1. The van der Waals surface area contributed by atoms with Gasteiger partial charge in [-0.25, -0.2) is 9.78 Å². The molecule has 4 heterocycles. The van der Waals surface area contributed by atoms with Crippen LogP contribution in [-0.2, 0) is 13.6 Å². The van der Waals surface area contributed by atoms with Crippen molar-refractivity contribution in [2.75, 3.05) is 26.2 Å². The summed E-state index contributed by atoms with van der Waals surface area (Å²) >= 11 is 0. The van der Waals surface area contributed by atoms with Crippen molar-refractivity contribution in [1.29, 1.82) is 0 Å². The number of carbonyl (C=O) groups is 1. The fraction of sp³-hybridized carbons (Fsp3) is 0.444. The van der Waals surface area contributed by atoms with Gasteiger partial charge in [0.2, 0.25) is 0 Å². The van der Waals surface area contributed by atoms with Crippen LogP contribution >= 0.6 is 0 Å². The van der Waals surface area contributed by atoms with Crippen LogP contribution in [0, 0.1) is 0 Å². The molecule has 9 nitrogen and oxygen atoms in total. The fourth-order valence-electron chi connectivity index (χ4n) is 3.43. The summed E-state index contributed by atoms with van der Waals surface area (Å²) < 4.78 is 3.85. The number of piperazine rings is 1. The fourth-order valence-corrected chi connectivity index (χ4v) is 3.43. The van der Waals surface area contributed by atoms with E-state index >= 15 is 0 Å². The largest absolute Gasteiger partial charge is 0.328 e. The number of aromatic nitrogens is 5. The van der Waals surface area contributed by atoms with Gasteiger partial charge in [-0.15, -0.1) is 10.2 Å². The second-order valence-electron chi connectivity index (χ2n) is 6.93. The number of fused-ring (bicyclic) bond motifs is 1. The molecule has 0 bridgehead atoms. The van der Waals surface area contributed by atoms with E-state index in [0.29, 0.717) is 13.1 Å². The standard InChI is InChI=1S/C18H24N8O/c1-14(17-22-19-13-23(17)2)20-18(27)25-9-7-24(8-10-25)11-15-12-26-6-4-3-5-16(26)21-15/h3-6,12-14H,7-11H2,1-2H3,(H,20,27). The number of urea groups is 1. The Bertz CT molecular complexity index is 891. The van der Waals surface area contributed by atoms with Crippen molar-refractivity contribution in [2.45, 2.75) is 19.5 Å². The Kier molecular flexibility index (Phi) is 4.76. The van der Waals surface area contributed by atoms with Gasteiger partial charge >= 0.3 is 6.03 Å². The van der Waals surface area contributed by atoms with Gasteiger partial charge in [-0.3, -0.25) is 4.90 Å². The van der Waals surface area contributed by atoms with Gasteiger partial charge < -0.3 is 19.2 Å². The van der Waals surface area contributed by atoms with E-state index in [4.69, 9.17) is 0 Å². The Morgan fingerprint density at radius 2 is 2.07 bits per heavy atom. The number of imidazole rings is 1. The molecule has 1 N–H and O–H groups in total. The molecule has 0 radical (unpaired) electrons. The molecule has 0 aliphatic carbocycles. The van der Waals surface area contributed by atoms with Crippen molar-refractivity contribution >= 4 is 11.7 Å². The predicted molar refractivity (Wildman–Crippen MR) is 100.0 cm³/mol. The van der Waals surface area contributed by atoms with Gasteiger partial charge in [0.15, 0.2) is 5.82 Å². The maximum atomic E-state index is 12.5. The predicted octanol–water partition coefficient (Wildman–Crippen LogP) is 1.05. The lowest BCUT2D eigenvalue weighted by atomic mass is 10.3. The first-order valence-corrected chi connectivity index (χ1v) is 9.14. The second kappa shape index (κ2) is 7.36. The molecule has 142 valence electrons. The lowest BCUT2D eigenvalue weighted by Gasteiger charge is -2.34. The molecule has 1 saturated heterocycles. The number of nitrogens with zero attached hydrogens (tertiary/aromatic N) is 7. The molecule has 27 heavy (non-hydrogen) atoms. The highest BCUT2D eigenvalue weighted by atomic mass is 16.2. The molecule has 1 atom stereocenters. The molecule has 2 amide bonds. The van der Waals surface area contributed by atoms with Gasteiger partial charge in [-0.05, 0) is 19.1 Å². The summed E-state index contributed by atoms with van der Waals surface area (Å²) in [6.07, 6.45) is 5.71. The van der Waals surface area contributed by atoms with Crippen LogP contribution in [0.5, 0.6) is 0 Å². The van der Waals surface area contributed by atoms with Gasteiger partial charge in [-0.1, -0.05) is 6.07 Å². The zero-order valence-electron chi connectivity index (χ0n) is 15.6. The number of aryl methyl sites for hydroxylation is 1. The van der Waals surface area contributed by atoms with Crippen molar-refractivity contribution < 1.29 is 4.79 Å². The third-order valence-corrected chi connectivity index (χ3v) is 4.93. The first kappa shape index (κ1) is 17.5. The van der Waals surface area contributed by atoms with Crippen LogP contribution < -0.4 is 5.32 Å². The topological polar surface area (TPSA) is 83.6 Å². The van der Waals surface area contributed by atoms with Crippen molar-refractivity contribution in [1.82, 2.24) is 39.3 Å². The highest BCUT2D eigenvalue weighted by Crippen LogP contribution is 2.12. The van der Waals surface area contributed by atoms with Crippen molar-refractivity contribution in [3.8, 4) is 0 Å². The average molecular weight is 368 g/mol. The smallest absolute Gasteiger partial charge is 0.318 e. The molecule has 0 aromatic carbocycles. The molecule has 1 fully saturated rings. The second-order valence-corrected chi connectivity index (χ2v) is 6.93. The molecule has 9 heteroatoms. The molecule has 3 aromatic rings. The number of hydrogen-bond acceptors (Lipinski definition) is 5. The molecular weight excluding hydrogens is 344 g/mol. The number of amides is 2. The number of hydrogen-bond donors (Lipinski definition) is 1. The zero-order chi connectivity index (χ0) is 18.8. The van der Waals surface area contributed by atoms with Gasteiger partial charge in [0.1, 0.15) is 12.0 Å². The number of nitrogens with one attached hydrogen (secondary N) is 1. The minimum Gasteiger partial charge on any atom is -0.328 e. The lowest BCUT2D eigenvalue weighted by molar-refractivity contribution is 0.132. The summed E-state index contributed by atoms with van der Waals surface area (Å²) in [7, 11) is 1.87. The highest BCUT2D eigenvalue weighted by Gasteiger charge is 2.24. The molecule has 1 aliphatic heterocycles. The van der Waals surface area contributed by atoms with Crippen molar-refractivity contribution in [3.63, 3.8) is 0 Å². The molecule has 4 rings (SSSR count). The van der Waals surface area contributed by atoms with E-state index in [1.165, 1.54) is 0 Å². The molecule has 0 spiro atoms. The summed E-state index contributed by atoms with van der Waals surface area (Å²) in [6.45, 7) is 5.78. The quantitative estimate of drug-likeness (QED) is 0.744. The summed E-state index contributed by atoms with van der Waals surface area (Å²) in [5.74, 6) is 0.744. The van der Waals surface area contributed by atoms with Gasteiger partial charge in [0.25, 0.3) is 0 Å². The van der Waals surface area contributed by atoms with E-state index in [9.17, 15) is 4.79 Å². The first-order valence-electron chi connectivity index (χ1n) is 9.14. The minimum absolute atomic E-state index is 0.0575. The van der Waals surface area contributed by atoms with Crippen molar-refractivity contribution in [2.24, 2.45) is 7.05 Å². The Morgan fingerprint density at radius 1 is 1.26 bits per heavy atom. The lowest BCUT2D eigenvalue weighted by Crippen LogP contribution is -2.51. The maximum Gasteiger partial charge on any atom is 0.318 e. The zero-order valence-corrected chi connectivity index (χ0v) is 15.6. The van der Waals surface area contributed by atoms with E-state index in [0.717, 1.165) is 36.8 Å². The van der Waals surface area contributed by atoms with Crippen LogP contribution in [0.4, 0.5) is 4.79 Å². The third-order valence-electron chi connectivity index (χ3n) is 4.93. The Hall–Kier alpha value is -2.94. The van der Waals surface area contributed by atoms with E-state index in [1.54, 1.807) is 6.33 Å². The van der Waals surface area contributed by atoms with Crippen LogP contribution in [0.1, 0.15) is 24.5 Å². The molecular formula is C18H24N8O. The van der Waals surface area contributed by atoms with E-state index in [1.807, 2.05) is 52.2 Å². The van der Waals surface area contributed by atoms with Crippen LogP contribution in [-0.4, -0.2) is 66.2 Å². The Balaban J connectivity index is 1.29. The third kappa shape index (κ3) is 3.77. The van der Waals surface area contributed by atoms with E-state index in [2.05, 4.69) is 31.6 Å². The minimum atomic E-state index is -0.180. The number of pyridine rings is 1.